The Bertz CT molecular complexity index is 394. The van der Waals surface area contributed by atoms with Crippen molar-refractivity contribution in [3.05, 3.63) is 22.8 Å². The molecule has 3 nitrogen and oxygen atoms in total. The van der Waals surface area contributed by atoms with E-state index in [0.29, 0.717) is 17.5 Å². The zero-order valence-corrected chi connectivity index (χ0v) is 9.29. The summed E-state index contributed by atoms with van der Waals surface area (Å²) in [4.78, 5) is 11.2. The molecule has 0 fully saturated rings. The summed E-state index contributed by atoms with van der Waals surface area (Å²) >= 11 is 0. The molecule has 82 valence electrons. The predicted octanol–water partition coefficient (Wildman–Crippen LogP) is 2.56. The molecular weight excluding hydrogens is 192 g/mol. The summed E-state index contributed by atoms with van der Waals surface area (Å²) in [5.41, 5.74) is 1.52. The van der Waals surface area contributed by atoms with E-state index in [9.17, 15) is 15.0 Å². The van der Waals surface area contributed by atoms with Crippen molar-refractivity contribution in [3.8, 4) is 11.5 Å². The van der Waals surface area contributed by atoms with Gasteiger partial charge in [-0.3, -0.25) is 4.79 Å². The molecule has 1 rings (SSSR count). The summed E-state index contributed by atoms with van der Waals surface area (Å²) in [6, 6.07) is 1.33. The van der Waals surface area contributed by atoms with E-state index < -0.39 is 0 Å². The van der Waals surface area contributed by atoms with E-state index in [1.54, 1.807) is 6.92 Å². The minimum absolute atomic E-state index is 0.0136. The fraction of sp³-hybridized carbons (Fsp3) is 0.417. The van der Waals surface area contributed by atoms with Gasteiger partial charge < -0.3 is 10.2 Å². The second kappa shape index (κ2) is 4.34. The maximum Gasteiger partial charge on any atom is 0.163 e. The first-order valence-corrected chi connectivity index (χ1v) is 5.04. The van der Waals surface area contributed by atoms with E-state index in [4.69, 9.17) is 0 Å². The second-order valence-corrected chi connectivity index (χ2v) is 3.70. The third kappa shape index (κ3) is 2.12. The SMILES string of the molecule is CCCc1c(C)c(O)cc(C(C)=O)c1O. The molecule has 1 aromatic rings. The summed E-state index contributed by atoms with van der Waals surface area (Å²) in [5, 5.41) is 19.5. The predicted molar refractivity (Wildman–Crippen MR) is 58.5 cm³/mol. The van der Waals surface area contributed by atoms with Crippen molar-refractivity contribution in [2.24, 2.45) is 0 Å². The van der Waals surface area contributed by atoms with Crippen LogP contribution in [-0.2, 0) is 6.42 Å². The van der Waals surface area contributed by atoms with Crippen LogP contribution in [-0.4, -0.2) is 16.0 Å². The highest BCUT2D eigenvalue weighted by Gasteiger charge is 2.16. The first-order chi connectivity index (χ1) is 6.99. The molecule has 0 spiro atoms. The molecule has 0 atom stereocenters. The van der Waals surface area contributed by atoms with Gasteiger partial charge in [0.1, 0.15) is 11.5 Å². The molecular formula is C12H16O3. The van der Waals surface area contributed by atoms with E-state index in [-0.39, 0.29) is 22.8 Å². The Balaban J connectivity index is 3.41. The lowest BCUT2D eigenvalue weighted by Gasteiger charge is -2.12. The van der Waals surface area contributed by atoms with E-state index in [0.717, 1.165) is 6.42 Å². The molecule has 0 saturated heterocycles. The van der Waals surface area contributed by atoms with Gasteiger partial charge in [-0.05, 0) is 31.9 Å². The van der Waals surface area contributed by atoms with Gasteiger partial charge in [0.25, 0.3) is 0 Å². The lowest BCUT2D eigenvalue weighted by Crippen LogP contribution is -1.99. The van der Waals surface area contributed by atoms with Crippen molar-refractivity contribution in [2.75, 3.05) is 0 Å². The van der Waals surface area contributed by atoms with Crippen LogP contribution in [0.5, 0.6) is 11.5 Å². The molecule has 0 amide bonds. The molecule has 0 saturated carbocycles. The van der Waals surface area contributed by atoms with E-state index in [1.807, 2.05) is 6.92 Å². The number of benzene rings is 1. The molecule has 0 aliphatic carbocycles. The number of rotatable bonds is 3. The van der Waals surface area contributed by atoms with Crippen LogP contribution in [0.2, 0.25) is 0 Å². The van der Waals surface area contributed by atoms with Crippen LogP contribution in [0, 0.1) is 6.92 Å². The zero-order valence-electron chi connectivity index (χ0n) is 9.29. The molecule has 0 aliphatic heterocycles. The normalized spacial score (nSPS) is 10.3. The molecule has 2 N–H and O–H groups in total. The molecule has 3 heteroatoms. The average molecular weight is 208 g/mol. The zero-order chi connectivity index (χ0) is 11.6. The van der Waals surface area contributed by atoms with Crippen molar-refractivity contribution in [1.29, 1.82) is 0 Å². The maximum atomic E-state index is 11.2. The number of hydrogen-bond acceptors (Lipinski definition) is 3. The number of phenolic OH excluding ortho intramolecular Hbond substituents is 2. The molecule has 0 bridgehead atoms. The first kappa shape index (κ1) is 11.6. The number of Topliss-reactive ketones (excluding diaryl/α,β-unsaturated/α-hetero) is 1. The van der Waals surface area contributed by atoms with Crippen molar-refractivity contribution in [3.63, 3.8) is 0 Å². The standard InChI is InChI=1S/C12H16O3/c1-4-5-9-7(2)11(14)6-10(8(3)13)12(9)15/h6,14-15H,4-5H2,1-3H3. The number of carbonyl (C=O) groups is 1. The Morgan fingerprint density at radius 1 is 1.40 bits per heavy atom. The summed E-state index contributed by atoms with van der Waals surface area (Å²) in [6.45, 7) is 5.10. The summed E-state index contributed by atoms with van der Waals surface area (Å²) in [6.07, 6.45) is 1.52. The number of hydrogen-bond donors (Lipinski definition) is 2. The molecule has 1 aromatic carbocycles. The Morgan fingerprint density at radius 2 is 2.00 bits per heavy atom. The van der Waals surface area contributed by atoms with Gasteiger partial charge in [0.15, 0.2) is 5.78 Å². The average Bonchev–Trinajstić information content (AvgIpc) is 2.18. The highest BCUT2D eigenvalue weighted by Crippen LogP contribution is 2.33. The lowest BCUT2D eigenvalue weighted by molar-refractivity contribution is 0.101. The minimum atomic E-state index is -0.236. The largest absolute Gasteiger partial charge is 0.508 e. The molecule has 0 aromatic heterocycles. The van der Waals surface area contributed by atoms with Gasteiger partial charge in [0.2, 0.25) is 0 Å². The summed E-state index contributed by atoms with van der Waals surface area (Å²) < 4.78 is 0. The number of carbonyl (C=O) groups excluding carboxylic acids is 1. The van der Waals surface area contributed by atoms with Crippen molar-refractivity contribution in [2.45, 2.75) is 33.6 Å². The number of ketones is 1. The smallest absolute Gasteiger partial charge is 0.163 e. The summed E-state index contributed by atoms with van der Waals surface area (Å²) in [5.74, 6) is -0.152. The van der Waals surface area contributed by atoms with Crippen LogP contribution in [0.15, 0.2) is 6.07 Å². The molecule has 0 unspecified atom stereocenters. The van der Waals surface area contributed by atoms with Gasteiger partial charge >= 0.3 is 0 Å². The van der Waals surface area contributed by atoms with Gasteiger partial charge in [0, 0.05) is 5.56 Å². The number of aromatic hydroxyl groups is 2. The minimum Gasteiger partial charge on any atom is -0.508 e. The van der Waals surface area contributed by atoms with Gasteiger partial charge in [0.05, 0.1) is 5.56 Å². The highest BCUT2D eigenvalue weighted by atomic mass is 16.3. The van der Waals surface area contributed by atoms with Crippen LogP contribution in [0.4, 0.5) is 0 Å². The topological polar surface area (TPSA) is 57.5 Å². The molecule has 0 radical (unpaired) electrons. The fourth-order valence-corrected chi connectivity index (χ4v) is 1.63. The fourth-order valence-electron chi connectivity index (χ4n) is 1.63. The van der Waals surface area contributed by atoms with Crippen LogP contribution in [0.3, 0.4) is 0 Å². The lowest BCUT2D eigenvalue weighted by atomic mass is 9.97. The van der Waals surface area contributed by atoms with Crippen molar-refractivity contribution < 1.29 is 15.0 Å². The third-order valence-electron chi connectivity index (χ3n) is 2.54. The maximum absolute atomic E-state index is 11.2. The third-order valence-corrected chi connectivity index (χ3v) is 2.54. The Morgan fingerprint density at radius 3 is 2.47 bits per heavy atom. The Labute approximate surface area is 89.4 Å². The monoisotopic (exact) mass is 208 g/mol. The van der Waals surface area contributed by atoms with Gasteiger partial charge in [-0.2, -0.15) is 0 Å². The van der Waals surface area contributed by atoms with Crippen molar-refractivity contribution >= 4 is 5.78 Å². The Kier molecular flexibility index (Phi) is 3.35. The van der Waals surface area contributed by atoms with Gasteiger partial charge in [-0.15, -0.1) is 0 Å². The molecule has 0 aliphatic rings. The van der Waals surface area contributed by atoms with Crippen LogP contribution in [0.25, 0.3) is 0 Å². The van der Waals surface area contributed by atoms with Gasteiger partial charge in [-0.1, -0.05) is 13.3 Å². The van der Waals surface area contributed by atoms with E-state index in [2.05, 4.69) is 0 Å². The second-order valence-electron chi connectivity index (χ2n) is 3.70. The van der Waals surface area contributed by atoms with Crippen molar-refractivity contribution in [1.82, 2.24) is 0 Å². The Hall–Kier alpha value is -1.51. The van der Waals surface area contributed by atoms with Gasteiger partial charge in [-0.25, -0.2) is 0 Å². The van der Waals surface area contributed by atoms with E-state index >= 15 is 0 Å². The van der Waals surface area contributed by atoms with Crippen LogP contribution >= 0.6 is 0 Å². The molecule has 0 heterocycles. The first-order valence-electron chi connectivity index (χ1n) is 5.04. The number of phenols is 2. The molecule has 15 heavy (non-hydrogen) atoms. The highest BCUT2D eigenvalue weighted by molar-refractivity contribution is 5.97. The quantitative estimate of drug-likeness (QED) is 0.593. The van der Waals surface area contributed by atoms with Crippen LogP contribution < -0.4 is 0 Å². The summed E-state index contributed by atoms with van der Waals surface area (Å²) in [7, 11) is 0. The van der Waals surface area contributed by atoms with E-state index in [1.165, 1.54) is 13.0 Å². The van der Waals surface area contributed by atoms with Crippen LogP contribution in [0.1, 0.15) is 41.8 Å².